The van der Waals surface area contributed by atoms with Crippen molar-refractivity contribution in [1.82, 2.24) is 34.9 Å². The highest BCUT2D eigenvalue weighted by atomic mass is 19.3. The average Bonchev–Trinajstić information content (AvgIpc) is 3.59. The van der Waals surface area contributed by atoms with Crippen molar-refractivity contribution in [3.63, 3.8) is 0 Å². The molecule has 1 aliphatic rings. The number of hydrogen-bond donors (Lipinski definition) is 2. The summed E-state index contributed by atoms with van der Waals surface area (Å²) in [5, 5.41) is 12.5. The van der Waals surface area contributed by atoms with Crippen LogP contribution in [0.2, 0.25) is 0 Å². The first-order valence-electron chi connectivity index (χ1n) is 10.4. The minimum Gasteiger partial charge on any atom is -0.462 e. The van der Waals surface area contributed by atoms with Crippen LogP contribution in [-0.2, 0) is 18.4 Å². The van der Waals surface area contributed by atoms with E-state index in [1.165, 1.54) is 35.3 Å². The van der Waals surface area contributed by atoms with Gasteiger partial charge >= 0.3 is 5.69 Å². The van der Waals surface area contributed by atoms with Gasteiger partial charge in [-0.2, -0.15) is 0 Å². The van der Waals surface area contributed by atoms with E-state index in [0.717, 1.165) is 12.8 Å². The van der Waals surface area contributed by atoms with Gasteiger partial charge in [0.05, 0.1) is 29.4 Å². The van der Waals surface area contributed by atoms with Gasteiger partial charge in [0.15, 0.2) is 11.8 Å². The van der Waals surface area contributed by atoms with E-state index in [9.17, 15) is 18.4 Å². The molecule has 1 atom stereocenters. The number of rotatable bonds is 8. The van der Waals surface area contributed by atoms with E-state index in [1.807, 2.05) is 0 Å². The van der Waals surface area contributed by atoms with Crippen molar-refractivity contribution in [2.45, 2.75) is 38.1 Å². The van der Waals surface area contributed by atoms with E-state index >= 15 is 0 Å². The van der Waals surface area contributed by atoms with Gasteiger partial charge in [0.1, 0.15) is 5.69 Å². The quantitative estimate of drug-likeness (QED) is 0.397. The summed E-state index contributed by atoms with van der Waals surface area (Å²) in [6.07, 6.45) is 0.315. The van der Waals surface area contributed by atoms with Crippen LogP contribution in [0.3, 0.4) is 0 Å². The molecule has 4 aromatic heterocycles. The van der Waals surface area contributed by atoms with Crippen molar-refractivity contribution in [2.75, 3.05) is 0 Å². The zero-order valence-corrected chi connectivity index (χ0v) is 17.9. The molecule has 1 fully saturated rings. The van der Waals surface area contributed by atoms with Crippen molar-refractivity contribution < 1.29 is 18.3 Å². The highest BCUT2D eigenvalue weighted by molar-refractivity contribution is 5.84. The maximum absolute atomic E-state index is 14.0. The predicted octanol–water partition coefficient (Wildman–Crippen LogP) is 1.87. The Kier molecular flexibility index (Phi) is 5.61. The number of fused-ring (bicyclic) bond motifs is 1. The smallest absolute Gasteiger partial charge is 0.325 e. The molecule has 0 saturated heterocycles. The number of nitrogens with zero attached hydrogens (tertiary/aromatic N) is 5. The molecular formula is C21H19F2N7O4. The molecule has 0 unspecified atom stereocenters. The molecule has 0 amide bonds. The number of halogens is 2. The largest absolute Gasteiger partial charge is 0.462 e. The highest BCUT2D eigenvalue weighted by Crippen LogP contribution is 2.32. The highest BCUT2D eigenvalue weighted by Gasteiger charge is 2.28. The van der Waals surface area contributed by atoms with Crippen molar-refractivity contribution in [1.29, 1.82) is 0 Å². The maximum Gasteiger partial charge on any atom is 0.325 e. The third-order valence-corrected chi connectivity index (χ3v) is 5.28. The van der Waals surface area contributed by atoms with E-state index in [2.05, 4.69) is 30.2 Å². The molecule has 4 aromatic rings. The van der Waals surface area contributed by atoms with Gasteiger partial charge in [-0.15, -0.1) is 15.3 Å². The predicted molar refractivity (Wildman–Crippen MR) is 114 cm³/mol. The maximum atomic E-state index is 14.0. The third-order valence-electron chi connectivity index (χ3n) is 5.28. The fraction of sp³-hybridized carbons (Fsp3) is 0.333. The molecule has 0 aliphatic heterocycles. The molecule has 0 spiro atoms. The Bertz CT molecular complexity index is 1460. The molecule has 5 rings (SSSR count). The number of nitrogens with one attached hydrogen (secondary N) is 2. The Morgan fingerprint density at radius 3 is 2.79 bits per heavy atom. The molecule has 0 aromatic carbocycles. The van der Waals surface area contributed by atoms with Crippen molar-refractivity contribution in [3.8, 4) is 17.1 Å². The van der Waals surface area contributed by atoms with E-state index < -0.39 is 23.8 Å². The van der Waals surface area contributed by atoms with Gasteiger partial charge in [-0.3, -0.25) is 14.8 Å². The summed E-state index contributed by atoms with van der Waals surface area (Å²) in [4.78, 5) is 32.1. The molecule has 176 valence electrons. The summed E-state index contributed by atoms with van der Waals surface area (Å²) >= 11 is 0. The lowest BCUT2D eigenvalue weighted by molar-refractivity contribution is 0.00823. The van der Waals surface area contributed by atoms with Crippen LogP contribution in [0.25, 0.3) is 22.3 Å². The van der Waals surface area contributed by atoms with Gasteiger partial charge in [-0.25, -0.2) is 18.3 Å². The number of alkyl halides is 2. The van der Waals surface area contributed by atoms with Crippen molar-refractivity contribution in [2.24, 2.45) is 7.05 Å². The zero-order chi connectivity index (χ0) is 23.8. The van der Waals surface area contributed by atoms with Crippen LogP contribution < -0.4 is 16.0 Å². The summed E-state index contributed by atoms with van der Waals surface area (Å²) in [5.74, 6) is -0.104. The van der Waals surface area contributed by atoms with Crippen LogP contribution in [0, 0.1) is 0 Å². The van der Waals surface area contributed by atoms with Crippen LogP contribution >= 0.6 is 0 Å². The van der Waals surface area contributed by atoms with Crippen LogP contribution in [-0.4, -0.2) is 47.5 Å². The second-order valence-corrected chi connectivity index (χ2v) is 7.84. The first-order chi connectivity index (χ1) is 16.4. The number of hydrogen-bond acceptors (Lipinski definition) is 8. The van der Waals surface area contributed by atoms with Crippen molar-refractivity contribution in [3.05, 3.63) is 62.7 Å². The second-order valence-electron chi connectivity index (χ2n) is 7.84. The van der Waals surface area contributed by atoms with Gasteiger partial charge in [-0.05, 0) is 31.0 Å². The van der Waals surface area contributed by atoms with E-state index in [1.54, 1.807) is 7.05 Å². The molecule has 2 N–H and O–H groups in total. The summed E-state index contributed by atoms with van der Waals surface area (Å²) in [6.45, 7) is 0.230. The van der Waals surface area contributed by atoms with Crippen LogP contribution in [0.5, 0.6) is 5.88 Å². The van der Waals surface area contributed by atoms with E-state index in [-0.39, 0.29) is 46.4 Å². The first-order valence-corrected chi connectivity index (χ1v) is 10.4. The fourth-order valence-corrected chi connectivity index (χ4v) is 3.41. The van der Waals surface area contributed by atoms with Gasteiger partial charge in [0.2, 0.25) is 5.88 Å². The SMILES string of the molecule is Cn1nc(O[C@H](c2ccnc(COC3CC3)c2)C(F)F)c2cc(-c3c[nH]c(=O)[nH]c3=O)nnc21. The zero-order valence-electron chi connectivity index (χ0n) is 17.9. The number of aryl methyl sites for hydroxylation is 1. The summed E-state index contributed by atoms with van der Waals surface area (Å²) in [6, 6.07) is 4.42. The lowest BCUT2D eigenvalue weighted by Gasteiger charge is -2.18. The molecular weight excluding hydrogens is 452 g/mol. The number of pyridine rings is 1. The Hall–Kier alpha value is -4.00. The molecule has 1 saturated carbocycles. The average molecular weight is 471 g/mol. The molecule has 0 radical (unpaired) electrons. The van der Waals surface area contributed by atoms with Gasteiger partial charge in [-0.1, -0.05) is 0 Å². The number of aromatic nitrogens is 7. The van der Waals surface area contributed by atoms with Crippen LogP contribution in [0.4, 0.5) is 8.78 Å². The standard InChI is InChI=1S/C21H19F2N7O4/c1-30-18-13(7-15(27-28-18)14-8-25-21(32)26-19(14)31)20(29-30)34-16(17(22)23)10-4-5-24-11(6-10)9-33-12-2-3-12/h4-8,12,16-17H,2-3,9H2,1H3,(H2,25,26,31,32)/t16-/m1/s1. The monoisotopic (exact) mass is 471 g/mol. The lowest BCUT2D eigenvalue weighted by atomic mass is 10.1. The molecule has 13 heteroatoms. The summed E-state index contributed by atoms with van der Waals surface area (Å²) in [5.41, 5.74) is -0.184. The second kappa shape index (κ2) is 8.74. The Labute approximate surface area is 189 Å². The van der Waals surface area contributed by atoms with Crippen LogP contribution in [0.1, 0.15) is 30.2 Å². The minimum absolute atomic E-state index is 0.0450. The van der Waals surface area contributed by atoms with E-state index in [4.69, 9.17) is 9.47 Å². The van der Waals surface area contributed by atoms with Gasteiger partial charge in [0.25, 0.3) is 12.0 Å². The molecule has 4 heterocycles. The normalized spacial score (nSPS) is 14.6. The lowest BCUT2D eigenvalue weighted by Crippen LogP contribution is -2.22. The Morgan fingerprint density at radius 1 is 1.24 bits per heavy atom. The number of ether oxygens (including phenoxy) is 2. The topological polar surface area (TPSA) is 141 Å². The fourth-order valence-electron chi connectivity index (χ4n) is 3.41. The van der Waals surface area contributed by atoms with E-state index in [0.29, 0.717) is 5.69 Å². The Morgan fingerprint density at radius 2 is 2.06 bits per heavy atom. The molecule has 0 bridgehead atoms. The Balaban J connectivity index is 1.49. The van der Waals surface area contributed by atoms with Gasteiger partial charge < -0.3 is 14.5 Å². The minimum atomic E-state index is -2.87. The van der Waals surface area contributed by atoms with Crippen LogP contribution in [0.15, 0.2) is 40.2 Å². The molecule has 1 aliphatic carbocycles. The van der Waals surface area contributed by atoms with Crippen molar-refractivity contribution >= 4 is 11.0 Å². The molecule has 11 nitrogen and oxygen atoms in total. The molecule has 34 heavy (non-hydrogen) atoms. The third kappa shape index (κ3) is 4.41. The first kappa shape index (κ1) is 21.8. The number of aromatic amines is 2. The van der Waals surface area contributed by atoms with Gasteiger partial charge in [0, 0.05) is 25.0 Å². The summed E-state index contributed by atoms with van der Waals surface area (Å²) in [7, 11) is 1.56. The number of H-pyrrole nitrogens is 2. The summed E-state index contributed by atoms with van der Waals surface area (Å²) < 4.78 is 40.7.